The Morgan fingerprint density at radius 3 is 2.73 bits per heavy atom. The van der Waals surface area contributed by atoms with Crippen molar-refractivity contribution in [2.24, 2.45) is 0 Å². The Labute approximate surface area is 153 Å². The number of hydrogen-bond donors (Lipinski definition) is 1. The molecule has 3 aromatic rings. The Morgan fingerprint density at radius 2 is 2.00 bits per heavy atom. The predicted octanol–water partition coefficient (Wildman–Crippen LogP) is 3.60. The number of benzene rings is 2. The molecule has 132 valence electrons. The van der Waals surface area contributed by atoms with E-state index in [0.29, 0.717) is 13.2 Å². The molecular weight excluding hydrogens is 326 g/mol. The highest BCUT2D eigenvalue weighted by molar-refractivity contribution is 5.92. The van der Waals surface area contributed by atoms with Crippen LogP contribution in [0.1, 0.15) is 18.1 Å². The molecule has 0 atom stereocenters. The van der Waals surface area contributed by atoms with Crippen LogP contribution in [-0.4, -0.2) is 22.1 Å². The first-order valence-corrected chi connectivity index (χ1v) is 8.51. The number of imidazole rings is 1. The van der Waals surface area contributed by atoms with Gasteiger partial charge in [-0.15, -0.1) is 0 Å². The minimum absolute atomic E-state index is 0.144. The second kappa shape index (κ2) is 8.67. The van der Waals surface area contributed by atoms with Crippen LogP contribution in [0.3, 0.4) is 0 Å². The molecule has 1 amide bonds. The van der Waals surface area contributed by atoms with Gasteiger partial charge in [0.1, 0.15) is 5.75 Å². The Morgan fingerprint density at radius 1 is 1.19 bits per heavy atom. The molecule has 0 fully saturated rings. The quantitative estimate of drug-likeness (QED) is 0.665. The number of nitrogens with one attached hydrogen (secondary N) is 1. The van der Waals surface area contributed by atoms with Crippen LogP contribution < -0.4 is 10.1 Å². The van der Waals surface area contributed by atoms with Crippen molar-refractivity contribution in [1.82, 2.24) is 14.9 Å². The molecule has 0 bridgehead atoms. The van der Waals surface area contributed by atoms with Gasteiger partial charge in [-0.3, -0.25) is 4.79 Å². The van der Waals surface area contributed by atoms with E-state index in [9.17, 15) is 4.79 Å². The van der Waals surface area contributed by atoms with E-state index >= 15 is 0 Å². The van der Waals surface area contributed by atoms with Crippen LogP contribution in [-0.2, 0) is 11.3 Å². The summed E-state index contributed by atoms with van der Waals surface area (Å²) in [6, 6.07) is 15.6. The first-order chi connectivity index (χ1) is 12.8. The summed E-state index contributed by atoms with van der Waals surface area (Å²) in [6.07, 6.45) is 8.67. The van der Waals surface area contributed by atoms with Crippen LogP contribution in [0.4, 0.5) is 0 Å². The average molecular weight is 347 g/mol. The molecule has 3 rings (SSSR count). The SMILES string of the molecule is CCOc1ccccc1/C=C/C(=O)NCc1ccc(-n2ccnc2)cc1. The average Bonchev–Trinajstić information content (AvgIpc) is 3.21. The number of aromatic nitrogens is 2. The molecule has 5 heteroatoms. The standard InChI is InChI=1S/C21H21N3O2/c1-2-26-20-6-4-3-5-18(20)9-12-21(25)23-15-17-7-10-19(11-8-17)24-14-13-22-16-24/h3-14,16H,2,15H2,1H3,(H,23,25)/b12-9+. The molecule has 0 saturated carbocycles. The normalized spacial score (nSPS) is 10.8. The Kier molecular flexibility index (Phi) is 5.83. The maximum Gasteiger partial charge on any atom is 0.244 e. The fraction of sp³-hybridized carbons (Fsp3) is 0.143. The largest absolute Gasteiger partial charge is 0.493 e. The van der Waals surface area contributed by atoms with Crippen molar-refractivity contribution in [1.29, 1.82) is 0 Å². The van der Waals surface area contributed by atoms with Crippen molar-refractivity contribution in [2.45, 2.75) is 13.5 Å². The smallest absolute Gasteiger partial charge is 0.244 e. The third-order valence-corrected chi connectivity index (χ3v) is 3.84. The van der Waals surface area contributed by atoms with Gasteiger partial charge in [-0.1, -0.05) is 30.3 Å². The maximum absolute atomic E-state index is 12.1. The number of amides is 1. The van der Waals surface area contributed by atoms with Crippen LogP contribution >= 0.6 is 0 Å². The highest BCUT2D eigenvalue weighted by Gasteiger charge is 2.01. The van der Waals surface area contributed by atoms with E-state index in [0.717, 1.165) is 22.6 Å². The van der Waals surface area contributed by atoms with E-state index < -0.39 is 0 Å². The Bertz CT molecular complexity index is 869. The molecule has 0 aliphatic rings. The molecule has 1 N–H and O–H groups in total. The van der Waals surface area contributed by atoms with E-state index in [4.69, 9.17) is 4.74 Å². The molecule has 26 heavy (non-hydrogen) atoms. The highest BCUT2D eigenvalue weighted by atomic mass is 16.5. The fourth-order valence-electron chi connectivity index (χ4n) is 2.52. The number of ether oxygens (including phenoxy) is 1. The van der Waals surface area contributed by atoms with E-state index in [1.54, 1.807) is 18.6 Å². The van der Waals surface area contributed by atoms with Gasteiger partial charge < -0.3 is 14.6 Å². The van der Waals surface area contributed by atoms with Crippen molar-refractivity contribution in [2.75, 3.05) is 6.61 Å². The molecule has 2 aromatic carbocycles. The number of carbonyl (C=O) groups excluding carboxylic acids is 1. The molecule has 0 aliphatic heterocycles. The first kappa shape index (κ1) is 17.5. The van der Waals surface area contributed by atoms with Gasteiger partial charge in [0, 0.05) is 36.3 Å². The van der Waals surface area contributed by atoms with Gasteiger partial charge in [0.05, 0.1) is 12.9 Å². The minimum Gasteiger partial charge on any atom is -0.493 e. The van der Waals surface area contributed by atoms with Crippen molar-refractivity contribution >= 4 is 12.0 Å². The van der Waals surface area contributed by atoms with Crippen LogP contribution in [0.2, 0.25) is 0 Å². The van der Waals surface area contributed by atoms with Gasteiger partial charge in [-0.05, 0) is 36.8 Å². The fourth-order valence-corrected chi connectivity index (χ4v) is 2.52. The van der Waals surface area contributed by atoms with Crippen molar-refractivity contribution in [3.8, 4) is 11.4 Å². The zero-order chi connectivity index (χ0) is 18.2. The van der Waals surface area contributed by atoms with Gasteiger partial charge in [-0.2, -0.15) is 0 Å². The lowest BCUT2D eigenvalue weighted by molar-refractivity contribution is -0.116. The summed E-state index contributed by atoms with van der Waals surface area (Å²) in [5.74, 6) is 0.629. The lowest BCUT2D eigenvalue weighted by atomic mass is 10.2. The van der Waals surface area contributed by atoms with Gasteiger partial charge in [-0.25, -0.2) is 4.98 Å². The molecule has 0 unspecified atom stereocenters. The summed E-state index contributed by atoms with van der Waals surface area (Å²) in [5.41, 5.74) is 2.95. The van der Waals surface area contributed by atoms with Gasteiger partial charge in [0.2, 0.25) is 5.91 Å². The van der Waals surface area contributed by atoms with Crippen LogP contribution in [0.15, 0.2) is 73.3 Å². The molecule has 5 nitrogen and oxygen atoms in total. The van der Waals surface area contributed by atoms with Crippen molar-refractivity contribution < 1.29 is 9.53 Å². The number of nitrogens with zero attached hydrogens (tertiary/aromatic N) is 2. The Hall–Kier alpha value is -3.34. The third-order valence-electron chi connectivity index (χ3n) is 3.84. The van der Waals surface area contributed by atoms with Crippen LogP contribution in [0.25, 0.3) is 11.8 Å². The molecule has 1 heterocycles. The number of para-hydroxylation sites is 1. The third kappa shape index (κ3) is 4.60. The lowest BCUT2D eigenvalue weighted by Crippen LogP contribution is -2.20. The van der Waals surface area contributed by atoms with Crippen LogP contribution in [0, 0.1) is 0 Å². The van der Waals surface area contributed by atoms with E-state index in [2.05, 4.69) is 10.3 Å². The van der Waals surface area contributed by atoms with Gasteiger partial charge in [0.15, 0.2) is 0 Å². The van der Waals surface area contributed by atoms with Gasteiger partial charge in [0.25, 0.3) is 0 Å². The maximum atomic E-state index is 12.1. The van der Waals surface area contributed by atoms with Gasteiger partial charge >= 0.3 is 0 Å². The minimum atomic E-state index is -0.144. The van der Waals surface area contributed by atoms with E-state index in [-0.39, 0.29) is 5.91 Å². The number of carbonyl (C=O) groups is 1. The van der Waals surface area contributed by atoms with E-state index in [1.165, 1.54) is 6.08 Å². The predicted molar refractivity (Wildman–Crippen MR) is 102 cm³/mol. The zero-order valence-corrected chi connectivity index (χ0v) is 14.6. The molecule has 0 spiro atoms. The number of rotatable bonds is 7. The first-order valence-electron chi connectivity index (χ1n) is 8.51. The highest BCUT2D eigenvalue weighted by Crippen LogP contribution is 2.19. The summed E-state index contributed by atoms with van der Waals surface area (Å²) in [4.78, 5) is 16.1. The molecule has 1 aromatic heterocycles. The van der Waals surface area contributed by atoms with Crippen molar-refractivity contribution in [3.63, 3.8) is 0 Å². The summed E-state index contributed by atoms with van der Waals surface area (Å²) in [7, 11) is 0. The summed E-state index contributed by atoms with van der Waals surface area (Å²) in [5, 5.41) is 2.89. The Balaban J connectivity index is 1.56. The molecule has 0 radical (unpaired) electrons. The number of hydrogen-bond acceptors (Lipinski definition) is 3. The topological polar surface area (TPSA) is 56.1 Å². The summed E-state index contributed by atoms with van der Waals surface area (Å²) >= 11 is 0. The van der Waals surface area contributed by atoms with Crippen LogP contribution in [0.5, 0.6) is 5.75 Å². The molecule has 0 aliphatic carbocycles. The molecular formula is C21H21N3O2. The summed E-state index contributed by atoms with van der Waals surface area (Å²) in [6.45, 7) is 3.00. The van der Waals surface area contributed by atoms with E-state index in [1.807, 2.05) is 66.2 Å². The lowest BCUT2D eigenvalue weighted by Gasteiger charge is -2.07. The summed E-state index contributed by atoms with van der Waals surface area (Å²) < 4.78 is 7.48. The second-order valence-corrected chi connectivity index (χ2v) is 5.66. The molecule has 0 saturated heterocycles. The van der Waals surface area contributed by atoms with Crippen molar-refractivity contribution in [3.05, 3.63) is 84.5 Å². The monoisotopic (exact) mass is 347 g/mol. The zero-order valence-electron chi connectivity index (χ0n) is 14.6. The second-order valence-electron chi connectivity index (χ2n) is 5.66.